The van der Waals surface area contributed by atoms with Gasteiger partial charge >= 0.3 is 0 Å². The Labute approximate surface area is 95.6 Å². The topological polar surface area (TPSA) is 12.0 Å². The SMILES string of the molecule is CCCCCNc1c(F)c(F)c(F)c(F)c1F. The molecule has 0 amide bonds. The van der Waals surface area contributed by atoms with Crippen molar-refractivity contribution in [1.82, 2.24) is 0 Å². The van der Waals surface area contributed by atoms with Gasteiger partial charge in [0.1, 0.15) is 5.69 Å². The van der Waals surface area contributed by atoms with Crippen LogP contribution in [0.3, 0.4) is 0 Å². The van der Waals surface area contributed by atoms with Crippen LogP contribution in [-0.2, 0) is 0 Å². The lowest BCUT2D eigenvalue weighted by Gasteiger charge is -2.10. The molecular weight excluding hydrogens is 241 g/mol. The zero-order valence-corrected chi connectivity index (χ0v) is 9.22. The van der Waals surface area contributed by atoms with Gasteiger partial charge in [-0.25, -0.2) is 22.0 Å². The Kier molecular flexibility index (Phi) is 4.72. The quantitative estimate of drug-likeness (QED) is 0.362. The van der Waals surface area contributed by atoms with Crippen LogP contribution in [-0.4, -0.2) is 6.54 Å². The molecule has 6 heteroatoms. The van der Waals surface area contributed by atoms with E-state index < -0.39 is 34.8 Å². The van der Waals surface area contributed by atoms with Crippen LogP contribution in [0.2, 0.25) is 0 Å². The number of benzene rings is 1. The van der Waals surface area contributed by atoms with Gasteiger partial charge < -0.3 is 5.32 Å². The Balaban J connectivity index is 2.92. The van der Waals surface area contributed by atoms with E-state index in [1.807, 2.05) is 6.92 Å². The molecule has 0 aromatic heterocycles. The Morgan fingerprint density at radius 2 is 1.24 bits per heavy atom. The molecule has 17 heavy (non-hydrogen) atoms. The molecular formula is C11H12F5N. The van der Waals surface area contributed by atoms with Gasteiger partial charge in [-0.3, -0.25) is 0 Å². The summed E-state index contributed by atoms with van der Waals surface area (Å²) >= 11 is 0. The van der Waals surface area contributed by atoms with Crippen LogP contribution in [0.25, 0.3) is 0 Å². The Morgan fingerprint density at radius 1 is 0.765 bits per heavy atom. The number of rotatable bonds is 5. The lowest BCUT2D eigenvalue weighted by atomic mass is 10.2. The van der Waals surface area contributed by atoms with E-state index >= 15 is 0 Å². The first-order chi connectivity index (χ1) is 8.00. The van der Waals surface area contributed by atoms with E-state index in [4.69, 9.17) is 0 Å². The summed E-state index contributed by atoms with van der Waals surface area (Å²) in [5.74, 6) is -9.64. The van der Waals surface area contributed by atoms with Crippen LogP contribution in [0.5, 0.6) is 0 Å². The van der Waals surface area contributed by atoms with Crippen LogP contribution in [0.1, 0.15) is 26.2 Å². The molecule has 0 radical (unpaired) electrons. The lowest BCUT2D eigenvalue weighted by Crippen LogP contribution is -2.10. The van der Waals surface area contributed by atoms with Gasteiger partial charge in [0.25, 0.3) is 0 Å². The van der Waals surface area contributed by atoms with Crippen LogP contribution in [0, 0.1) is 29.1 Å². The number of hydrogen-bond donors (Lipinski definition) is 1. The first-order valence-corrected chi connectivity index (χ1v) is 5.26. The monoisotopic (exact) mass is 253 g/mol. The van der Waals surface area contributed by atoms with Crippen LogP contribution < -0.4 is 5.32 Å². The third-order valence-corrected chi connectivity index (χ3v) is 2.29. The molecule has 0 bridgehead atoms. The van der Waals surface area contributed by atoms with Crippen molar-refractivity contribution in [1.29, 1.82) is 0 Å². The highest BCUT2D eigenvalue weighted by Crippen LogP contribution is 2.26. The van der Waals surface area contributed by atoms with Crippen molar-refractivity contribution < 1.29 is 22.0 Å². The molecule has 0 aliphatic rings. The molecule has 1 rings (SSSR count). The first-order valence-electron chi connectivity index (χ1n) is 5.26. The van der Waals surface area contributed by atoms with Crippen molar-refractivity contribution in [2.45, 2.75) is 26.2 Å². The molecule has 1 aromatic carbocycles. The highest BCUT2D eigenvalue weighted by atomic mass is 19.2. The average Bonchev–Trinajstić information content (AvgIpc) is 2.33. The molecule has 0 aliphatic carbocycles. The van der Waals surface area contributed by atoms with Gasteiger partial charge in [0.15, 0.2) is 23.3 Å². The van der Waals surface area contributed by atoms with E-state index in [-0.39, 0.29) is 6.54 Å². The normalized spacial score (nSPS) is 10.7. The largest absolute Gasteiger partial charge is 0.380 e. The number of nitrogens with one attached hydrogen (secondary N) is 1. The minimum Gasteiger partial charge on any atom is -0.380 e. The van der Waals surface area contributed by atoms with Crippen molar-refractivity contribution >= 4 is 5.69 Å². The van der Waals surface area contributed by atoms with Crippen molar-refractivity contribution in [3.63, 3.8) is 0 Å². The zero-order chi connectivity index (χ0) is 13.0. The minimum atomic E-state index is -2.14. The lowest BCUT2D eigenvalue weighted by molar-refractivity contribution is 0.381. The fourth-order valence-corrected chi connectivity index (χ4v) is 1.35. The van der Waals surface area contributed by atoms with Gasteiger partial charge in [-0.2, -0.15) is 0 Å². The first kappa shape index (κ1) is 13.7. The second-order valence-electron chi connectivity index (χ2n) is 3.58. The van der Waals surface area contributed by atoms with Crippen molar-refractivity contribution in [2.24, 2.45) is 0 Å². The van der Waals surface area contributed by atoms with E-state index in [9.17, 15) is 22.0 Å². The fraction of sp³-hybridized carbons (Fsp3) is 0.455. The van der Waals surface area contributed by atoms with E-state index in [0.29, 0.717) is 6.42 Å². The van der Waals surface area contributed by atoms with E-state index in [1.165, 1.54) is 0 Å². The maximum absolute atomic E-state index is 13.1. The van der Waals surface area contributed by atoms with Gasteiger partial charge in [0.2, 0.25) is 5.82 Å². The molecule has 0 aliphatic heterocycles. The van der Waals surface area contributed by atoms with E-state index in [2.05, 4.69) is 5.32 Å². The van der Waals surface area contributed by atoms with Gasteiger partial charge in [-0.05, 0) is 6.42 Å². The number of halogens is 5. The van der Waals surface area contributed by atoms with E-state index in [0.717, 1.165) is 12.8 Å². The van der Waals surface area contributed by atoms with Crippen molar-refractivity contribution in [3.05, 3.63) is 29.1 Å². The van der Waals surface area contributed by atoms with Crippen molar-refractivity contribution in [2.75, 3.05) is 11.9 Å². The molecule has 1 nitrogen and oxygen atoms in total. The number of unbranched alkanes of at least 4 members (excludes halogenated alkanes) is 2. The molecule has 0 saturated heterocycles. The second-order valence-corrected chi connectivity index (χ2v) is 3.58. The molecule has 96 valence electrons. The summed E-state index contributed by atoms with van der Waals surface area (Å²) < 4.78 is 64.5. The summed E-state index contributed by atoms with van der Waals surface area (Å²) in [5, 5.41) is 2.23. The Bertz CT molecular complexity index is 376. The molecule has 0 spiro atoms. The van der Waals surface area contributed by atoms with Crippen molar-refractivity contribution in [3.8, 4) is 0 Å². The maximum atomic E-state index is 13.1. The van der Waals surface area contributed by atoms with E-state index in [1.54, 1.807) is 0 Å². The smallest absolute Gasteiger partial charge is 0.200 e. The highest BCUT2D eigenvalue weighted by Gasteiger charge is 2.25. The predicted molar refractivity (Wildman–Crippen MR) is 54.2 cm³/mol. The number of anilines is 1. The summed E-state index contributed by atoms with van der Waals surface area (Å²) in [6.45, 7) is 2.09. The molecule has 0 unspecified atom stereocenters. The van der Waals surface area contributed by atoms with Gasteiger partial charge in [-0.15, -0.1) is 0 Å². The van der Waals surface area contributed by atoms with Crippen LogP contribution >= 0.6 is 0 Å². The summed E-state index contributed by atoms with van der Waals surface area (Å²) in [6, 6.07) is 0. The van der Waals surface area contributed by atoms with Crippen LogP contribution in [0.15, 0.2) is 0 Å². The van der Waals surface area contributed by atoms with Gasteiger partial charge in [-0.1, -0.05) is 19.8 Å². The molecule has 1 aromatic rings. The molecule has 0 atom stereocenters. The molecule has 0 heterocycles. The maximum Gasteiger partial charge on any atom is 0.200 e. The van der Waals surface area contributed by atoms with Gasteiger partial charge in [0, 0.05) is 6.54 Å². The summed E-state index contributed by atoms with van der Waals surface area (Å²) in [7, 11) is 0. The molecule has 0 saturated carbocycles. The standard InChI is InChI=1S/C11H12F5N/c1-2-3-4-5-17-11-9(15)7(13)6(12)8(14)10(11)16/h17H,2-5H2,1H3. The van der Waals surface area contributed by atoms with Crippen LogP contribution in [0.4, 0.5) is 27.6 Å². The third kappa shape index (κ3) is 2.87. The Morgan fingerprint density at radius 3 is 1.71 bits per heavy atom. The number of hydrogen-bond acceptors (Lipinski definition) is 1. The van der Waals surface area contributed by atoms with Gasteiger partial charge in [0.05, 0.1) is 0 Å². The summed E-state index contributed by atoms with van der Waals surface area (Å²) in [5.41, 5.74) is -0.961. The summed E-state index contributed by atoms with van der Waals surface area (Å²) in [4.78, 5) is 0. The Hall–Kier alpha value is -1.33. The fourth-order valence-electron chi connectivity index (χ4n) is 1.35. The predicted octanol–water partition coefficient (Wildman–Crippen LogP) is 3.98. The highest BCUT2D eigenvalue weighted by molar-refractivity contribution is 5.47. The third-order valence-electron chi connectivity index (χ3n) is 2.29. The molecule has 0 fully saturated rings. The average molecular weight is 253 g/mol. The minimum absolute atomic E-state index is 0.159. The summed E-state index contributed by atoms with van der Waals surface area (Å²) in [6.07, 6.45) is 2.29. The second kappa shape index (κ2) is 5.84. The zero-order valence-electron chi connectivity index (χ0n) is 9.22. The molecule has 1 N–H and O–H groups in total.